The fraction of sp³-hybridized carbons (Fsp3) is 0.729. The quantitative estimate of drug-likeness (QED) is 0.0261. The number of ether oxygens (including phenoxy) is 3. The largest absolute Gasteiger partial charge is 0.462 e. The van der Waals surface area contributed by atoms with Crippen molar-refractivity contribution in [3.63, 3.8) is 0 Å². The lowest BCUT2D eigenvalue weighted by atomic mass is 10.0. The first kappa shape index (κ1) is 72.3. The number of carbonyl (C=O) groups is 3. The molecule has 0 bridgehead atoms. The van der Waals surface area contributed by atoms with Gasteiger partial charge >= 0.3 is 17.9 Å². The van der Waals surface area contributed by atoms with Crippen molar-refractivity contribution in [2.75, 3.05) is 13.2 Å². The molecule has 0 aliphatic heterocycles. The molecule has 1 atom stereocenters. The van der Waals surface area contributed by atoms with E-state index < -0.39 is 6.10 Å². The molecule has 76 heavy (non-hydrogen) atoms. The Kier molecular flexibility index (Phi) is 60.8. The second-order valence-electron chi connectivity index (χ2n) is 21.3. The van der Waals surface area contributed by atoms with Gasteiger partial charge in [-0.15, -0.1) is 0 Å². The van der Waals surface area contributed by atoms with Crippen molar-refractivity contribution in [1.29, 1.82) is 0 Å². The third-order valence-corrected chi connectivity index (χ3v) is 13.8. The van der Waals surface area contributed by atoms with Crippen molar-refractivity contribution >= 4 is 17.9 Å². The number of carbonyl (C=O) groups excluding carboxylic acids is 3. The number of esters is 3. The minimum Gasteiger partial charge on any atom is -0.462 e. The average molecular weight is 1060 g/mol. The summed E-state index contributed by atoms with van der Waals surface area (Å²) in [6, 6.07) is 0. The molecular formula is C70H120O6. The molecule has 0 aromatic carbocycles. The Hall–Kier alpha value is -3.67. The second-order valence-corrected chi connectivity index (χ2v) is 21.3. The molecule has 6 heteroatoms. The van der Waals surface area contributed by atoms with Gasteiger partial charge in [0.15, 0.2) is 6.10 Å². The van der Waals surface area contributed by atoms with Gasteiger partial charge < -0.3 is 14.2 Å². The zero-order chi connectivity index (χ0) is 55.0. The standard InChI is InChI=1S/C70H120O6/c1-4-7-10-13-16-18-20-22-24-26-28-29-30-31-32-33-34-35-36-37-38-39-40-41-43-44-46-48-50-52-54-57-60-63-69(72)75-66-67(65-74-68(71)62-59-56-15-12-9-6-3)76-70(73)64-61-58-55-53-51-49-47-45-42-27-25-23-21-19-17-14-11-8-5-2/h7,10,16,18,22-25,28-29,31-32,34-35,37-38,67H,4-6,8-9,11-15,17,19-21,26-27,30,33,36,39-66H2,1-3H3/b10-7-,18-16-,24-22-,25-23-,29-28-,32-31-,35-34-,38-37-. The maximum Gasteiger partial charge on any atom is 0.306 e. The van der Waals surface area contributed by atoms with Gasteiger partial charge in [-0.3, -0.25) is 14.4 Å². The number of rotatable bonds is 58. The molecule has 1 unspecified atom stereocenters. The third-order valence-electron chi connectivity index (χ3n) is 13.8. The number of unbranched alkanes of at least 4 members (excludes halogenated alkanes) is 31. The molecule has 0 saturated carbocycles. The molecule has 0 aromatic heterocycles. The van der Waals surface area contributed by atoms with E-state index in [2.05, 4.69) is 118 Å². The van der Waals surface area contributed by atoms with Gasteiger partial charge in [0.2, 0.25) is 0 Å². The van der Waals surface area contributed by atoms with Gasteiger partial charge in [-0.05, 0) is 103 Å². The Morgan fingerprint density at radius 1 is 0.276 bits per heavy atom. The molecule has 0 aliphatic carbocycles. The molecular weight excluding hydrogens is 937 g/mol. The highest BCUT2D eigenvalue weighted by atomic mass is 16.6. The molecule has 0 aromatic rings. The molecule has 0 heterocycles. The van der Waals surface area contributed by atoms with E-state index >= 15 is 0 Å². The Morgan fingerprint density at radius 2 is 0.513 bits per heavy atom. The Balaban J connectivity index is 4.06. The predicted octanol–water partition coefficient (Wildman–Crippen LogP) is 22.0. The summed E-state index contributed by atoms with van der Waals surface area (Å²) < 4.78 is 16.8. The summed E-state index contributed by atoms with van der Waals surface area (Å²) in [4.78, 5) is 38.0. The fourth-order valence-electron chi connectivity index (χ4n) is 9.01. The van der Waals surface area contributed by atoms with Gasteiger partial charge in [0.1, 0.15) is 13.2 Å². The molecule has 0 aliphatic rings. The van der Waals surface area contributed by atoms with Crippen LogP contribution in [0.1, 0.15) is 310 Å². The summed E-state index contributed by atoms with van der Waals surface area (Å²) >= 11 is 0. The SMILES string of the molecule is CC/C=C\C/C=C\C/C=C\C/C=C\C/C=C\C/C=C\C/C=C\CCCCCCCCCCCCCC(=O)OCC(COC(=O)CCCCCCCC)OC(=O)CCCCCCCCCCC/C=C\CCCCCCCC. The molecule has 0 N–H and O–H groups in total. The van der Waals surface area contributed by atoms with Gasteiger partial charge in [-0.2, -0.15) is 0 Å². The van der Waals surface area contributed by atoms with Gasteiger partial charge in [0.25, 0.3) is 0 Å². The van der Waals surface area contributed by atoms with E-state index in [1.807, 2.05) is 0 Å². The zero-order valence-electron chi connectivity index (χ0n) is 50.0. The van der Waals surface area contributed by atoms with E-state index in [1.165, 1.54) is 167 Å². The van der Waals surface area contributed by atoms with E-state index in [-0.39, 0.29) is 31.1 Å². The van der Waals surface area contributed by atoms with Gasteiger partial charge in [-0.25, -0.2) is 0 Å². The summed E-state index contributed by atoms with van der Waals surface area (Å²) in [6.45, 7) is 6.48. The van der Waals surface area contributed by atoms with E-state index in [0.717, 1.165) is 103 Å². The van der Waals surface area contributed by atoms with Crippen LogP contribution < -0.4 is 0 Å². The van der Waals surface area contributed by atoms with Crippen LogP contribution in [-0.2, 0) is 28.6 Å². The lowest BCUT2D eigenvalue weighted by Gasteiger charge is -2.18. The smallest absolute Gasteiger partial charge is 0.306 e. The average Bonchev–Trinajstić information content (AvgIpc) is 3.42. The summed E-state index contributed by atoms with van der Waals surface area (Å²) in [5, 5.41) is 0. The Labute approximate surface area is 470 Å². The van der Waals surface area contributed by atoms with Crippen LogP contribution >= 0.6 is 0 Å². The monoisotopic (exact) mass is 1060 g/mol. The van der Waals surface area contributed by atoms with E-state index in [1.54, 1.807) is 0 Å². The van der Waals surface area contributed by atoms with Crippen molar-refractivity contribution in [3.05, 3.63) is 97.2 Å². The van der Waals surface area contributed by atoms with Crippen LogP contribution in [0, 0.1) is 0 Å². The van der Waals surface area contributed by atoms with Gasteiger partial charge in [0.05, 0.1) is 0 Å². The van der Waals surface area contributed by atoms with Crippen LogP contribution in [0.2, 0.25) is 0 Å². The molecule has 6 nitrogen and oxygen atoms in total. The molecule has 0 fully saturated rings. The van der Waals surface area contributed by atoms with Crippen LogP contribution in [0.3, 0.4) is 0 Å². The van der Waals surface area contributed by atoms with Crippen LogP contribution in [0.25, 0.3) is 0 Å². The zero-order valence-corrected chi connectivity index (χ0v) is 50.0. The van der Waals surface area contributed by atoms with Crippen molar-refractivity contribution in [1.82, 2.24) is 0 Å². The lowest BCUT2D eigenvalue weighted by Crippen LogP contribution is -2.30. The number of allylic oxidation sites excluding steroid dienone is 16. The van der Waals surface area contributed by atoms with Crippen molar-refractivity contribution in [3.8, 4) is 0 Å². The first-order valence-electron chi connectivity index (χ1n) is 32.2. The van der Waals surface area contributed by atoms with Crippen LogP contribution in [0.4, 0.5) is 0 Å². The lowest BCUT2D eigenvalue weighted by molar-refractivity contribution is -0.167. The summed E-state index contributed by atoms with van der Waals surface area (Å²) in [5.41, 5.74) is 0. The summed E-state index contributed by atoms with van der Waals surface area (Å²) in [5.74, 6) is -0.883. The maximum atomic E-state index is 12.8. The van der Waals surface area contributed by atoms with Crippen LogP contribution in [-0.4, -0.2) is 37.2 Å². The number of hydrogen-bond donors (Lipinski definition) is 0. The molecule has 0 amide bonds. The minimum absolute atomic E-state index is 0.0766. The maximum absolute atomic E-state index is 12.8. The normalized spacial score (nSPS) is 12.7. The third kappa shape index (κ3) is 61.2. The molecule has 0 saturated heterocycles. The highest BCUT2D eigenvalue weighted by Gasteiger charge is 2.19. The fourth-order valence-corrected chi connectivity index (χ4v) is 9.01. The van der Waals surface area contributed by atoms with E-state index in [0.29, 0.717) is 19.3 Å². The number of hydrogen-bond acceptors (Lipinski definition) is 6. The van der Waals surface area contributed by atoms with Crippen LogP contribution in [0.15, 0.2) is 97.2 Å². The molecule has 436 valence electrons. The van der Waals surface area contributed by atoms with E-state index in [9.17, 15) is 14.4 Å². The highest BCUT2D eigenvalue weighted by Crippen LogP contribution is 2.16. The second kappa shape index (κ2) is 63.9. The predicted molar refractivity (Wildman–Crippen MR) is 330 cm³/mol. The molecule has 0 rings (SSSR count). The summed E-state index contributed by atoms with van der Waals surface area (Å²) in [6.07, 6.45) is 85.9. The molecule has 0 radical (unpaired) electrons. The Bertz CT molecular complexity index is 1490. The first-order valence-corrected chi connectivity index (χ1v) is 32.2. The first-order chi connectivity index (χ1) is 37.5. The minimum atomic E-state index is -0.776. The highest BCUT2D eigenvalue weighted by molar-refractivity contribution is 5.71. The van der Waals surface area contributed by atoms with Crippen molar-refractivity contribution < 1.29 is 28.6 Å². The summed E-state index contributed by atoms with van der Waals surface area (Å²) in [7, 11) is 0. The van der Waals surface area contributed by atoms with Crippen LogP contribution in [0.5, 0.6) is 0 Å². The molecule has 0 spiro atoms. The van der Waals surface area contributed by atoms with Crippen molar-refractivity contribution in [2.24, 2.45) is 0 Å². The van der Waals surface area contributed by atoms with Crippen molar-refractivity contribution in [2.45, 2.75) is 316 Å². The Morgan fingerprint density at radius 3 is 0.816 bits per heavy atom. The van der Waals surface area contributed by atoms with E-state index in [4.69, 9.17) is 14.2 Å². The van der Waals surface area contributed by atoms with Gasteiger partial charge in [-0.1, -0.05) is 285 Å². The topological polar surface area (TPSA) is 78.9 Å². The van der Waals surface area contributed by atoms with Gasteiger partial charge in [0, 0.05) is 19.3 Å².